The Hall–Kier alpha value is -1.90. The van der Waals surface area contributed by atoms with Crippen LogP contribution in [0.1, 0.15) is 16.8 Å². The lowest BCUT2D eigenvalue weighted by atomic mass is 10.0. The Morgan fingerprint density at radius 1 is 1.27 bits per heavy atom. The Balaban J connectivity index is 2.38. The third kappa shape index (κ3) is 1.20. The number of hydrogen-bond donors (Lipinski definition) is 0. The molecule has 0 bridgehead atoms. The van der Waals surface area contributed by atoms with Crippen molar-refractivity contribution < 1.29 is 9.53 Å². The van der Waals surface area contributed by atoms with Crippen LogP contribution in [0.5, 0.6) is 5.75 Å². The number of rotatable bonds is 0. The Labute approximate surface area is 86.7 Å². The van der Waals surface area contributed by atoms with Gasteiger partial charge in [0.2, 0.25) is 0 Å². The van der Waals surface area contributed by atoms with E-state index in [1.165, 1.54) is 0 Å². The summed E-state index contributed by atoms with van der Waals surface area (Å²) in [5.74, 6) is 0.876. The third-order valence-electron chi connectivity index (χ3n) is 2.65. The van der Waals surface area contributed by atoms with Gasteiger partial charge in [-0.05, 0) is 12.1 Å². The fraction of sp³-hybridized carbons (Fsp3) is 0.167. The van der Waals surface area contributed by atoms with Crippen molar-refractivity contribution in [2.24, 2.45) is 0 Å². The van der Waals surface area contributed by atoms with Crippen molar-refractivity contribution in [3.05, 3.63) is 36.2 Å². The monoisotopic (exact) mass is 199 g/mol. The quantitative estimate of drug-likeness (QED) is 0.653. The smallest absolute Gasteiger partial charge is 0.170 e. The molecule has 0 spiro atoms. The van der Waals surface area contributed by atoms with Crippen LogP contribution in [-0.2, 0) is 0 Å². The predicted octanol–water partition coefficient (Wildman–Crippen LogP) is 2.20. The van der Waals surface area contributed by atoms with E-state index >= 15 is 0 Å². The zero-order chi connectivity index (χ0) is 10.3. The predicted molar refractivity (Wildman–Crippen MR) is 56.2 cm³/mol. The molecule has 0 amide bonds. The summed E-state index contributed by atoms with van der Waals surface area (Å²) in [5.41, 5.74) is 0.694. The Bertz CT molecular complexity index is 548. The van der Waals surface area contributed by atoms with Crippen molar-refractivity contribution >= 4 is 16.6 Å². The molecule has 0 saturated carbocycles. The molecule has 0 saturated heterocycles. The molecule has 0 atom stereocenters. The molecule has 0 fully saturated rings. The van der Waals surface area contributed by atoms with E-state index in [2.05, 4.69) is 4.98 Å². The molecule has 1 aliphatic rings. The van der Waals surface area contributed by atoms with Crippen molar-refractivity contribution in [2.45, 2.75) is 6.42 Å². The first-order valence-corrected chi connectivity index (χ1v) is 4.89. The minimum absolute atomic E-state index is 0.162. The van der Waals surface area contributed by atoms with E-state index in [4.69, 9.17) is 4.74 Å². The van der Waals surface area contributed by atoms with Gasteiger partial charge in [-0.15, -0.1) is 0 Å². The number of benzene rings is 1. The van der Waals surface area contributed by atoms with Gasteiger partial charge >= 0.3 is 0 Å². The van der Waals surface area contributed by atoms with Gasteiger partial charge in [0.15, 0.2) is 5.78 Å². The second kappa shape index (κ2) is 3.05. The molecule has 1 aromatic heterocycles. The first-order chi connectivity index (χ1) is 7.36. The van der Waals surface area contributed by atoms with Crippen LogP contribution in [0, 0.1) is 0 Å². The lowest BCUT2D eigenvalue weighted by molar-refractivity contribution is 0.0935. The fourth-order valence-electron chi connectivity index (χ4n) is 1.90. The van der Waals surface area contributed by atoms with Gasteiger partial charge in [-0.2, -0.15) is 0 Å². The molecular weight excluding hydrogens is 190 g/mol. The van der Waals surface area contributed by atoms with E-state index in [0.717, 1.165) is 10.8 Å². The van der Waals surface area contributed by atoms with E-state index in [1.54, 1.807) is 12.4 Å². The molecule has 3 rings (SSSR count). The SMILES string of the molecule is O=C1CCOc2c1ccc1cnccc21. The largest absolute Gasteiger partial charge is 0.492 e. The summed E-state index contributed by atoms with van der Waals surface area (Å²) in [4.78, 5) is 15.7. The van der Waals surface area contributed by atoms with Crippen LogP contribution in [-0.4, -0.2) is 17.4 Å². The highest BCUT2D eigenvalue weighted by Gasteiger charge is 2.20. The molecule has 2 aromatic rings. The lowest BCUT2D eigenvalue weighted by Crippen LogP contribution is -2.15. The fourth-order valence-corrected chi connectivity index (χ4v) is 1.90. The van der Waals surface area contributed by atoms with Gasteiger partial charge < -0.3 is 4.74 Å². The highest BCUT2D eigenvalue weighted by molar-refractivity contribution is 6.05. The highest BCUT2D eigenvalue weighted by Crippen LogP contribution is 2.32. The molecule has 0 N–H and O–H groups in total. The summed E-state index contributed by atoms with van der Waals surface area (Å²) in [7, 11) is 0. The minimum Gasteiger partial charge on any atom is -0.492 e. The zero-order valence-corrected chi connectivity index (χ0v) is 8.06. The molecule has 3 heteroatoms. The number of hydrogen-bond acceptors (Lipinski definition) is 3. The van der Waals surface area contributed by atoms with Crippen molar-refractivity contribution in [1.29, 1.82) is 0 Å². The van der Waals surface area contributed by atoms with Crippen molar-refractivity contribution in [3.63, 3.8) is 0 Å². The van der Waals surface area contributed by atoms with E-state index in [1.807, 2.05) is 18.2 Å². The maximum atomic E-state index is 11.6. The van der Waals surface area contributed by atoms with Gasteiger partial charge in [0.05, 0.1) is 12.2 Å². The number of ketones is 1. The average Bonchev–Trinajstić information content (AvgIpc) is 2.29. The van der Waals surface area contributed by atoms with Crippen LogP contribution in [0.25, 0.3) is 10.8 Å². The summed E-state index contributed by atoms with van der Waals surface area (Å²) >= 11 is 0. The van der Waals surface area contributed by atoms with Crippen LogP contribution >= 0.6 is 0 Å². The molecule has 2 heterocycles. The average molecular weight is 199 g/mol. The van der Waals surface area contributed by atoms with Gasteiger partial charge in [0.1, 0.15) is 5.75 Å². The number of carbonyl (C=O) groups is 1. The van der Waals surface area contributed by atoms with E-state index in [-0.39, 0.29) is 5.78 Å². The summed E-state index contributed by atoms with van der Waals surface area (Å²) in [6.45, 7) is 0.479. The summed E-state index contributed by atoms with van der Waals surface area (Å²) < 4.78 is 5.56. The number of nitrogens with zero attached hydrogens (tertiary/aromatic N) is 1. The number of pyridine rings is 1. The van der Waals surface area contributed by atoms with Gasteiger partial charge in [-0.25, -0.2) is 0 Å². The summed E-state index contributed by atoms with van der Waals surface area (Å²) in [6.07, 6.45) is 3.96. The van der Waals surface area contributed by atoms with Crippen LogP contribution in [0.2, 0.25) is 0 Å². The van der Waals surface area contributed by atoms with Gasteiger partial charge in [0.25, 0.3) is 0 Å². The maximum absolute atomic E-state index is 11.6. The zero-order valence-electron chi connectivity index (χ0n) is 8.06. The van der Waals surface area contributed by atoms with Crippen molar-refractivity contribution in [1.82, 2.24) is 4.98 Å². The molecule has 74 valence electrons. The molecule has 1 aromatic carbocycles. The van der Waals surface area contributed by atoms with Crippen LogP contribution < -0.4 is 4.74 Å². The number of Topliss-reactive ketones (excluding diaryl/α,β-unsaturated/α-hetero) is 1. The second-order valence-corrected chi connectivity index (χ2v) is 3.56. The van der Waals surface area contributed by atoms with Crippen LogP contribution in [0.3, 0.4) is 0 Å². The van der Waals surface area contributed by atoms with Gasteiger partial charge in [0, 0.05) is 29.6 Å². The molecule has 0 radical (unpaired) electrons. The third-order valence-corrected chi connectivity index (χ3v) is 2.65. The molecule has 0 aliphatic carbocycles. The Morgan fingerprint density at radius 2 is 2.20 bits per heavy atom. The van der Waals surface area contributed by atoms with Crippen molar-refractivity contribution in [3.8, 4) is 5.75 Å². The van der Waals surface area contributed by atoms with Gasteiger partial charge in [-0.3, -0.25) is 9.78 Å². The molecule has 15 heavy (non-hydrogen) atoms. The van der Waals surface area contributed by atoms with E-state index in [9.17, 15) is 4.79 Å². The maximum Gasteiger partial charge on any atom is 0.170 e. The first-order valence-electron chi connectivity index (χ1n) is 4.89. The van der Waals surface area contributed by atoms with Crippen LogP contribution in [0.4, 0.5) is 0 Å². The lowest BCUT2D eigenvalue weighted by Gasteiger charge is -2.17. The molecule has 1 aliphatic heterocycles. The summed E-state index contributed by atoms with van der Waals surface area (Å²) in [5, 5.41) is 1.97. The van der Waals surface area contributed by atoms with Gasteiger partial charge in [-0.1, -0.05) is 6.07 Å². The topological polar surface area (TPSA) is 39.2 Å². The number of carbonyl (C=O) groups excluding carboxylic acids is 1. The Kier molecular flexibility index (Phi) is 1.71. The van der Waals surface area contributed by atoms with E-state index < -0.39 is 0 Å². The summed E-state index contributed by atoms with van der Waals surface area (Å²) in [6, 6.07) is 5.61. The number of ether oxygens (including phenoxy) is 1. The molecule has 3 nitrogen and oxygen atoms in total. The number of fused-ring (bicyclic) bond motifs is 3. The number of aromatic nitrogens is 1. The normalized spacial score (nSPS) is 14.8. The first kappa shape index (κ1) is 8.41. The van der Waals surface area contributed by atoms with Crippen molar-refractivity contribution in [2.75, 3.05) is 6.61 Å². The molecule has 0 unspecified atom stereocenters. The molecular formula is C12H9NO2. The van der Waals surface area contributed by atoms with Crippen LogP contribution in [0.15, 0.2) is 30.6 Å². The standard InChI is InChI=1S/C12H9NO2/c14-11-4-6-15-12-9-3-5-13-7-8(9)1-2-10(11)12/h1-3,5,7H,4,6H2. The minimum atomic E-state index is 0.162. The highest BCUT2D eigenvalue weighted by atomic mass is 16.5. The Morgan fingerprint density at radius 3 is 3.13 bits per heavy atom. The van der Waals surface area contributed by atoms with E-state index in [0.29, 0.717) is 24.3 Å². The second-order valence-electron chi connectivity index (χ2n) is 3.56.